The van der Waals surface area contributed by atoms with Crippen molar-refractivity contribution in [1.29, 1.82) is 0 Å². The van der Waals surface area contributed by atoms with Crippen LogP contribution in [0.25, 0.3) is 0 Å². The van der Waals surface area contributed by atoms with Gasteiger partial charge < -0.3 is 4.74 Å². The van der Waals surface area contributed by atoms with Crippen LogP contribution in [0.5, 0.6) is 0 Å². The number of ether oxygens (including phenoxy) is 1. The van der Waals surface area contributed by atoms with Gasteiger partial charge in [-0.2, -0.15) is 0 Å². The van der Waals surface area contributed by atoms with E-state index in [0.717, 1.165) is 0 Å². The van der Waals surface area contributed by atoms with Crippen LogP contribution in [0.15, 0.2) is 0 Å². The van der Waals surface area contributed by atoms with E-state index in [1.54, 1.807) is 0 Å². The normalized spacial score (nSPS) is 17.7. The monoisotopic (exact) mass is 214 g/mol. The molecule has 0 bridgehead atoms. The molecule has 1 N–H and O–H groups in total. The molecular weight excluding hydrogens is 196 g/mol. The van der Waals surface area contributed by atoms with Gasteiger partial charge in [0.25, 0.3) is 0 Å². The first kappa shape index (κ1) is 12.1. The van der Waals surface area contributed by atoms with Gasteiger partial charge in [0.2, 0.25) is 11.8 Å². The van der Waals surface area contributed by atoms with E-state index in [-0.39, 0.29) is 24.9 Å². The van der Waals surface area contributed by atoms with E-state index in [4.69, 9.17) is 4.74 Å². The molecule has 0 spiro atoms. The zero-order valence-electron chi connectivity index (χ0n) is 9.28. The summed E-state index contributed by atoms with van der Waals surface area (Å²) in [6.07, 6.45) is 0. The van der Waals surface area contributed by atoms with Crippen molar-refractivity contribution in [2.75, 3.05) is 32.8 Å². The second-order valence-corrected chi connectivity index (χ2v) is 4.01. The van der Waals surface area contributed by atoms with Crippen molar-refractivity contribution in [1.82, 2.24) is 10.2 Å². The van der Waals surface area contributed by atoms with Crippen molar-refractivity contribution in [2.45, 2.75) is 13.8 Å². The molecule has 0 aromatic rings. The van der Waals surface area contributed by atoms with Crippen LogP contribution in [0.2, 0.25) is 0 Å². The number of rotatable bonds is 5. The fraction of sp³-hybridized carbons (Fsp3) is 0.800. The highest BCUT2D eigenvalue weighted by Gasteiger charge is 2.24. The minimum Gasteiger partial charge on any atom is -0.379 e. The quantitative estimate of drug-likeness (QED) is 0.500. The lowest BCUT2D eigenvalue weighted by molar-refractivity contribution is -0.147. The van der Waals surface area contributed by atoms with Crippen molar-refractivity contribution < 1.29 is 14.3 Å². The number of imide groups is 1. The summed E-state index contributed by atoms with van der Waals surface area (Å²) in [5.74, 6) is 0.137. The van der Waals surface area contributed by atoms with Crippen LogP contribution < -0.4 is 5.32 Å². The lowest BCUT2D eigenvalue weighted by atomic mass is 10.2. The number of carbonyl (C=O) groups excluding carboxylic acids is 2. The van der Waals surface area contributed by atoms with E-state index >= 15 is 0 Å². The molecule has 0 saturated carbocycles. The molecule has 15 heavy (non-hydrogen) atoms. The Balaban J connectivity index is 2.24. The lowest BCUT2D eigenvalue weighted by Gasteiger charge is -2.25. The van der Waals surface area contributed by atoms with Gasteiger partial charge in [0.15, 0.2) is 0 Å². The number of nitrogens with zero attached hydrogens (tertiary/aromatic N) is 1. The minimum atomic E-state index is -0.167. The molecule has 1 rings (SSSR count). The standard InChI is InChI=1S/C10H18N2O3/c1-8(2)7-15-4-3-12-9(13)5-11-6-10(12)14/h8,11H,3-7H2,1-2H3. The maximum Gasteiger partial charge on any atom is 0.243 e. The molecule has 5 nitrogen and oxygen atoms in total. The Hall–Kier alpha value is -0.940. The predicted octanol–water partition coefficient (Wildman–Crippen LogP) is -0.383. The fourth-order valence-corrected chi connectivity index (χ4v) is 1.33. The van der Waals surface area contributed by atoms with E-state index in [2.05, 4.69) is 19.2 Å². The zero-order chi connectivity index (χ0) is 11.3. The third kappa shape index (κ3) is 3.97. The molecule has 1 heterocycles. The average molecular weight is 214 g/mol. The first-order valence-corrected chi connectivity index (χ1v) is 5.23. The fourth-order valence-electron chi connectivity index (χ4n) is 1.33. The molecular formula is C10H18N2O3. The molecule has 2 amide bonds. The van der Waals surface area contributed by atoms with E-state index in [9.17, 15) is 9.59 Å². The van der Waals surface area contributed by atoms with Crippen LogP contribution in [-0.2, 0) is 14.3 Å². The summed E-state index contributed by atoms with van der Waals surface area (Å²) in [6.45, 7) is 6.06. The summed E-state index contributed by atoms with van der Waals surface area (Å²) in [5.41, 5.74) is 0. The smallest absolute Gasteiger partial charge is 0.243 e. The van der Waals surface area contributed by atoms with Gasteiger partial charge in [-0.1, -0.05) is 13.8 Å². The van der Waals surface area contributed by atoms with Crippen LogP contribution in [-0.4, -0.2) is 49.6 Å². The highest BCUT2D eigenvalue weighted by Crippen LogP contribution is 1.97. The number of nitrogens with one attached hydrogen (secondary N) is 1. The van der Waals surface area contributed by atoms with Gasteiger partial charge in [0, 0.05) is 6.61 Å². The summed E-state index contributed by atoms with van der Waals surface area (Å²) < 4.78 is 5.33. The predicted molar refractivity (Wildman–Crippen MR) is 55.2 cm³/mol. The number of amides is 2. The van der Waals surface area contributed by atoms with Gasteiger partial charge >= 0.3 is 0 Å². The molecule has 5 heteroatoms. The van der Waals surface area contributed by atoms with Crippen LogP contribution in [0.3, 0.4) is 0 Å². The van der Waals surface area contributed by atoms with Crippen molar-refractivity contribution in [3.05, 3.63) is 0 Å². The Labute approximate surface area is 89.8 Å². The van der Waals surface area contributed by atoms with Crippen molar-refractivity contribution in [2.24, 2.45) is 5.92 Å². The van der Waals surface area contributed by atoms with Crippen molar-refractivity contribution in [3.8, 4) is 0 Å². The molecule has 1 fully saturated rings. The molecule has 0 aromatic heterocycles. The SMILES string of the molecule is CC(C)COCCN1C(=O)CNCC1=O. The maximum atomic E-state index is 11.3. The van der Waals surface area contributed by atoms with Crippen molar-refractivity contribution >= 4 is 11.8 Å². The molecule has 0 aromatic carbocycles. The highest BCUT2D eigenvalue weighted by molar-refractivity contribution is 5.99. The van der Waals surface area contributed by atoms with E-state index in [1.807, 2.05) is 0 Å². The van der Waals surface area contributed by atoms with Gasteiger partial charge in [-0.15, -0.1) is 0 Å². The van der Waals surface area contributed by atoms with Gasteiger partial charge in [0.1, 0.15) is 0 Å². The summed E-state index contributed by atoms with van der Waals surface area (Å²) in [7, 11) is 0. The van der Waals surface area contributed by atoms with Crippen LogP contribution in [0, 0.1) is 5.92 Å². The molecule has 0 atom stereocenters. The minimum absolute atomic E-state index is 0.167. The van der Waals surface area contributed by atoms with Crippen LogP contribution >= 0.6 is 0 Å². The van der Waals surface area contributed by atoms with Crippen LogP contribution in [0.4, 0.5) is 0 Å². The van der Waals surface area contributed by atoms with Crippen molar-refractivity contribution in [3.63, 3.8) is 0 Å². The van der Waals surface area contributed by atoms with E-state index in [0.29, 0.717) is 25.7 Å². The highest BCUT2D eigenvalue weighted by atomic mass is 16.5. The molecule has 1 aliphatic heterocycles. The number of piperazine rings is 1. The molecule has 86 valence electrons. The summed E-state index contributed by atoms with van der Waals surface area (Å²) in [4.78, 5) is 23.9. The summed E-state index contributed by atoms with van der Waals surface area (Å²) in [6, 6.07) is 0. The van der Waals surface area contributed by atoms with E-state index in [1.165, 1.54) is 4.90 Å². The number of hydrogen-bond donors (Lipinski definition) is 1. The number of hydrogen-bond acceptors (Lipinski definition) is 4. The van der Waals surface area contributed by atoms with E-state index < -0.39 is 0 Å². The molecule has 1 aliphatic rings. The lowest BCUT2D eigenvalue weighted by Crippen LogP contribution is -2.52. The first-order valence-electron chi connectivity index (χ1n) is 5.23. The Morgan fingerprint density at radius 2 is 1.93 bits per heavy atom. The summed E-state index contributed by atoms with van der Waals surface area (Å²) in [5, 5.41) is 2.74. The third-order valence-electron chi connectivity index (χ3n) is 2.06. The first-order chi connectivity index (χ1) is 7.11. The second-order valence-electron chi connectivity index (χ2n) is 4.01. The topological polar surface area (TPSA) is 58.6 Å². The van der Waals surface area contributed by atoms with Gasteiger partial charge in [0.05, 0.1) is 26.2 Å². The Kier molecular flexibility index (Phi) is 4.71. The Morgan fingerprint density at radius 1 is 1.33 bits per heavy atom. The Morgan fingerprint density at radius 3 is 2.47 bits per heavy atom. The van der Waals surface area contributed by atoms with Gasteiger partial charge in [-0.3, -0.25) is 19.8 Å². The molecule has 0 aliphatic carbocycles. The molecule has 0 radical (unpaired) electrons. The number of carbonyl (C=O) groups is 2. The maximum absolute atomic E-state index is 11.3. The van der Waals surface area contributed by atoms with Gasteiger partial charge in [-0.05, 0) is 5.92 Å². The average Bonchev–Trinajstić information content (AvgIpc) is 2.15. The van der Waals surface area contributed by atoms with Crippen LogP contribution in [0.1, 0.15) is 13.8 Å². The zero-order valence-corrected chi connectivity index (χ0v) is 9.28. The Bertz CT molecular complexity index is 225. The van der Waals surface area contributed by atoms with Gasteiger partial charge in [-0.25, -0.2) is 0 Å². The second kappa shape index (κ2) is 5.82. The largest absolute Gasteiger partial charge is 0.379 e. The third-order valence-corrected chi connectivity index (χ3v) is 2.06. The molecule has 0 unspecified atom stereocenters. The summed E-state index contributed by atoms with van der Waals surface area (Å²) >= 11 is 0. The molecule has 1 saturated heterocycles.